The lowest BCUT2D eigenvalue weighted by Crippen LogP contribution is -2.27. The molecule has 0 spiro atoms. The molecule has 4 heteroatoms. The van der Waals surface area contributed by atoms with Gasteiger partial charge in [-0.1, -0.05) is 0 Å². The van der Waals surface area contributed by atoms with E-state index in [0.717, 1.165) is 23.4 Å². The number of carbonyl (C=O) groups excluding carboxylic acids is 2. The maximum absolute atomic E-state index is 11.6. The van der Waals surface area contributed by atoms with Gasteiger partial charge < -0.3 is 9.64 Å². The van der Waals surface area contributed by atoms with Gasteiger partial charge in [0.15, 0.2) is 5.78 Å². The van der Waals surface area contributed by atoms with Crippen molar-refractivity contribution in [1.82, 2.24) is 0 Å². The lowest BCUT2D eigenvalue weighted by molar-refractivity contribution is -0.116. The van der Waals surface area contributed by atoms with Gasteiger partial charge >= 0.3 is 0 Å². The Morgan fingerprint density at radius 2 is 2.00 bits per heavy atom. The molecule has 0 unspecified atom stereocenters. The van der Waals surface area contributed by atoms with E-state index in [-0.39, 0.29) is 11.7 Å². The summed E-state index contributed by atoms with van der Waals surface area (Å²) < 4.78 is 5.27. The van der Waals surface area contributed by atoms with Crippen molar-refractivity contribution >= 4 is 17.4 Å². The molecule has 2 rings (SSSR count). The Balaban J connectivity index is 2.64. The minimum absolute atomic E-state index is 0.0305. The molecule has 1 aromatic carbocycles. The summed E-state index contributed by atoms with van der Waals surface area (Å²) in [6.45, 7) is 3.64. The largest absolute Gasteiger partial charge is 0.496 e. The second-order valence-electron chi connectivity index (χ2n) is 4.12. The topological polar surface area (TPSA) is 46.6 Å². The molecule has 1 aromatic rings. The van der Waals surface area contributed by atoms with Crippen LogP contribution < -0.4 is 9.64 Å². The number of ketones is 1. The third-order valence-corrected chi connectivity index (χ3v) is 3.07. The van der Waals surface area contributed by atoms with Crippen LogP contribution in [0.5, 0.6) is 5.75 Å². The fourth-order valence-electron chi connectivity index (χ4n) is 2.29. The van der Waals surface area contributed by atoms with Crippen LogP contribution in [0.2, 0.25) is 0 Å². The molecule has 0 atom stereocenters. The lowest BCUT2D eigenvalue weighted by Gasteiger charge is -2.18. The highest BCUT2D eigenvalue weighted by Gasteiger charge is 2.29. The zero-order valence-electron chi connectivity index (χ0n) is 10.2. The maximum Gasteiger partial charge on any atom is 0.223 e. The number of hydrogen-bond acceptors (Lipinski definition) is 3. The number of carbonyl (C=O) groups is 2. The molecule has 1 aliphatic rings. The Hall–Kier alpha value is -1.84. The first-order valence-corrected chi connectivity index (χ1v) is 5.55. The fraction of sp³-hybridized carbons (Fsp3) is 0.385. The highest BCUT2D eigenvalue weighted by molar-refractivity contribution is 6.06. The van der Waals surface area contributed by atoms with Crippen LogP contribution in [-0.2, 0) is 11.2 Å². The number of amides is 1. The van der Waals surface area contributed by atoms with E-state index < -0.39 is 0 Å². The second kappa shape index (κ2) is 4.20. The molecule has 90 valence electrons. The van der Waals surface area contributed by atoms with Crippen LogP contribution in [0, 0.1) is 0 Å². The molecule has 1 aliphatic heterocycles. The van der Waals surface area contributed by atoms with Crippen LogP contribution in [0.4, 0.5) is 5.69 Å². The highest BCUT2D eigenvalue weighted by atomic mass is 16.5. The van der Waals surface area contributed by atoms with Crippen molar-refractivity contribution in [2.75, 3.05) is 18.6 Å². The van der Waals surface area contributed by atoms with E-state index >= 15 is 0 Å². The third kappa shape index (κ3) is 1.79. The van der Waals surface area contributed by atoms with Gasteiger partial charge in [-0.05, 0) is 25.5 Å². The first-order valence-electron chi connectivity index (χ1n) is 5.55. The van der Waals surface area contributed by atoms with E-state index in [0.29, 0.717) is 12.1 Å². The van der Waals surface area contributed by atoms with Gasteiger partial charge in [-0.25, -0.2) is 0 Å². The van der Waals surface area contributed by atoms with E-state index in [1.54, 1.807) is 24.1 Å². The second-order valence-corrected chi connectivity index (χ2v) is 4.12. The van der Waals surface area contributed by atoms with E-state index in [1.165, 1.54) is 13.8 Å². The number of anilines is 1. The molecule has 0 saturated heterocycles. The Morgan fingerprint density at radius 3 is 2.53 bits per heavy atom. The lowest BCUT2D eigenvalue weighted by atomic mass is 10.0. The molecule has 0 N–H and O–H groups in total. The van der Waals surface area contributed by atoms with Gasteiger partial charge in [-0.2, -0.15) is 0 Å². The zero-order valence-corrected chi connectivity index (χ0v) is 10.2. The maximum atomic E-state index is 11.6. The molecule has 1 amide bonds. The molecular weight excluding hydrogens is 218 g/mol. The van der Waals surface area contributed by atoms with Crippen LogP contribution in [0.25, 0.3) is 0 Å². The Kier molecular flexibility index (Phi) is 2.88. The molecule has 17 heavy (non-hydrogen) atoms. The molecule has 0 saturated carbocycles. The number of benzene rings is 1. The Bertz CT molecular complexity index is 494. The quantitative estimate of drug-likeness (QED) is 0.732. The summed E-state index contributed by atoms with van der Waals surface area (Å²) in [5.41, 5.74) is 2.27. The molecule has 0 radical (unpaired) electrons. The summed E-state index contributed by atoms with van der Waals surface area (Å²) in [5, 5.41) is 0. The van der Waals surface area contributed by atoms with Gasteiger partial charge in [0.05, 0.1) is 12.8 Å². The first kappa shape index (κ1) is 11.6. The van der Waals surface area contributed by atoms with E-state index in [4.69, 9.17) is 4.74 Å². The van der Waals surface area contributed by atoms with Gasteiger partial charge in [0.1, 0.15) is 5.75 Å². The number of methoxy groups -OCH3 is 1. The number of fused-ring (bicyclic) bond motifs is 1. The van der Waals surface area contributed by atoms with Crippen molar-refractivity contribution in [2.45, 2.75) is 20.3 Å². The molecule has 1 heterocycles. The first-order chi connectivity index (χ1) is 8.06. The van der Waals surface area contributed by atoms with Crippen molar-refractivity contribution in [2.24, 2.45) is 0 Å². The number of rotatable bonds is 2. The molecule has 4 nitrogen and oxygen atoms in total. The van der Waals surface area contributed by atoms with Gasteiger partial charge in [0, 0.05) is 24.6 Å². The predicted molar refractivity (Wildman–Crippen MR) is 64.7 cm³/mol. The monoisotopic (exact) mass is 233 g/mol. The summed E-state index contributed by atoms with van der Waals surface area (Å²) in [6, 6.07) is 3.51. The summed E-state index contributed by atoms with van der Waals surface area (Å²) in [7, 11) is 1.60. The molecule has 0 bridgehead atoms. The number of ether oxygens (including phenoxy) is 1. The van der Waals surface area contributed by atoms with Gasteiger partial charge in [0.2, 0.25) is 5.91 Å². The number of nitrogens with zero attached hydrogens (tertiary/aromatic N) is 1. The Morgan fingerprint density at radius 1 is 1.29 bits per heavy atom. The number of hydrogen-bond donors (Lipinski definition) is 0. The van der Waals surface area contributed by atoms with Crippen LogP contribution in [0.1, 0.15) is 29.8 Å². The fourth-order valence-corrected chi connectivity index (χ4v) is 2.29. The third-order valence-electron chi connectivity index (χ3n) is 3.07. The van der Waals surface area contributed by atoms with Gasteiger partial charge in [-0.15, -0.1) is 0 Å². The van der Waals surface area contributed by atoms with Gasteiger partial charge in [-0.3, -0.25) is 9.59 Å². The summed E-state index contributed by atoms with van der Waals surface area (Å²) in [6.07, 6.45) is 0.735. The van der Waals surface area contributed by atoms with Crippen LogP contribution in [0.15, 0.2) is 12.1 Å². The highest BCUT2D eigenvalue weighted by Crippen LogP contribution is 2.38. The zero-order chi connectivity index (χ0) is 12.6. The van der Waals surface area contributed by atoms with Gasteiger partial charge in [0.25, 0.3) is 0 Å². The Labute approximate surface area is 100 Å². The van der Waals surface area contributed by atoms with E-state index in [1.807, 2.05) is 0 Å². The van der Waals surface area contributed by atoms with E-state index in [9.17, 15) is 9.59 Å². The van der Waals surface area contributed by atoms with Crippen molar-refractivity contribution in [1.29, 1.82) is 0 Å². The molecule has 0 aliphatic carbocycles. The summed E-state index contributed by atoms with van der Waals surface area (Å²) >= 11 is 0. The van der Waals surface area contributed by atoms with Crippen LogP contribution in [-0.4, -0.2) is 25.3 Å². The predicted octanol–water partition coefficient (Wildman–Crippen LogP) is 1.81. The summed E-state index contributed by atoms with van der Waals surface area (Å²) in [4.78, 5) is 24.8. The van der Waals surface area contributed by atoms with Crippen molar-refractivity contribution in [3.63, 3.8) is 0 Å². The van der Waals surface area contributed by atoms with Crippen molar-refractivity contribution in [3.05, 3.63) is 23.3 Å². The molecule has 0 aromatic heterocycles. The van der Waals surface area contributed by atoms with Crippen molar-refractivity contribution < 1.29 is 14.3 Å². The van der Waals surface area contributed by atoms with Crippen molar-refractivity contribution in [3.8, 4) is 5.75 Å². The minimum Gasteiger partial charge on any atom is -0.496 e. The minimum atomic E-state index is -0.0421. The van der Waals surface area contributed by atoms with E-state index in [2.05, 4.69) is 0 Å². The smallest absolute Gasteiger partial charge is 0.223 e. The van der Waals surface area contributed by atoms with Crippen LogP contribution >= 0.6 is 0 Å². The average molecular weight is 233 g/mol. The summed E-state index contributed by atoms with van der Waals surface area (Å²) in [5.74, 6) is 0.672. The SMILES string of the molecule is COc1ccc(C(C)=O)c2c1CCN2C(C)=O. The molecule has 0 fully saturated rings. The van der Waals surface area contributed by atoms with Crippen LogP contribution in [0.3, 0.4) is 0 Å². The average Bonchev–Trinajstić information content (AvgIpc) is 2.71. The number of Topliss-reactive ketones (excluding diaryl/α,β-unsaturated/α-hetero) is 1. The standard InChI is InChI=1S/C13H15NO3/c1-8(15)10-4-5-12(17-3)11-6-7-14(9(2)16)13(10)11/h4-5H,6-7H2,1-3H3. The molecular formula is C13H15NO3. The normalized spacial score (nSPS) is 13.5.